The molecule has 0 saturated heterocycles. The molecule has 0 saturated carbocycles. The van der Waals surface area contributed by atoms with Crippen molar-refractivity contribution in [1.29, 1.82) is 0 Å². The molecule has 0 aliphatic heterocycles. The summed E-state index contributed by atoms with van der Waals surface area (Å²) < 4.78 is 17.2. The highest BCUT2D eigenvalue weighted by atomic mass is 31.2. The molecule has 0 aliphatic rings. The molecule has 0 aromatic rings. The summed E-state index contributed by atoms with van der Waals surface area (Å²) in [6.45, 7) is 7.18. The van der Waals surface area contributed by atoms with Crippen molar-refractivity contribution in [1.82, 2.24) is 0 Å². The van der Waals surface area contributed by atoms with Crippen LogP contribution in [-0.4, -0.2) is 41.0 Å². The molecule has 0 aliphatic carbocycles. The van der Waals surface area contributed by atoms with Crippen LogP contribution in [0.5, 0.6) is 0 Å². The van der Waals surface area contributed by atoms with Gasteiger partial charge < -0.3 is 18.5 Å². The van der Waals surface area contributed by atoms with E-state index >= 15 is 0 Å². The van der Waals surface area contributed by atoms with E-state index in [1.165, 1.54) is 114 Å². The van der Waals surface area contributed by atoms with Crippen LogP contribution in [0.1, 0.15) is 129 Å². The van der Waals surface area contributed by atoms with Crippen LogP contribution in [0, 0.1) is 5.92 Å². The van der Waals surface area contributed by atoms with Crippen LogP contribution < -0.4 is 4.90 Å². The van der Waals surface area contributed by atoms with Gasteiger partial charge >= 0.3 is 8.60 Å². The highest BCUT2D eigenvalue weighted by Crippen LogP contribution is 2.39. The summed E-state index contributed by atoms with van der Waals surface area (Å²) >= 11 is 0. The van der Waals surface area contributed by atoms with E-state index in [0.29, 0.717) is 5.92 Å². The summed E-state index contributed by atoms with van der Waals surface area (Å²) in [5.41, 5.74) is 0. The molecule has 0 heterocycles. The number of nitrogens with one attached hydrogen (secondary N) is 1. The van der Waals surface area contributed by atoms with Crippen molar-refractivity contribution in [2.45, 2.75) is 129 Å². The molecule has 0 aromatic heterocycles. The lowest BCUT2D eigenvalue weighted by Crippen LogP contribution is -3.06. The SMILES string of the molecule is CCCCCCCCCCCCCCCCCCOP(OC)OCC(CCC)C[NH+](C)C. The summed E-state index contributed by atoms with van der Waals surface area (Å²) in [4.78, 5) is 1.47. The zero-order chi connectivity index (χ0) is 23.7. The lowest BCUT2D eigenvalue weighted by atomic mass is 10.0. The van der Waals surface area contributed by atoms with Crippen molar-refractivity contribution in [3.05, 3.63) is 0 Å². The van der Waals surface area contributed by atoms with E-state index in [2.05, 4.69) is 27.9 Å². The average molecular weight is 477 g/mol. The first-order chi connectivity index (χ1) is 15.6. The van der Waals surface area contributed by atoms with Crippen molar-refractivity contribution in [3.8, 4) is 0 Å². The van der Waals surface area contributed by atoms with Gasteiger partial charge in [0.2, 0.25) is 0 Å². The van der Waals surface area contributed by atoms with Gasteiger partial charge in [0, 0.05) is 13.0 Å². The van der Waals surface area contributed by atoms with Crippen LogP contribution in [0.15, 0.2) is 0 Å². The van der Waals surface area contributed by atoms with Gasteiger partial charge in [0.1, 0.15) is 0 Å². The minimum atomic E-state index is -1.18. The van der Waals surface area contributed by atoms with Gasteiger partial charge in [-0.15, -0.1) is 0 Å². The molecule has 0 bridgehead atoms. The first-order valence-corrected chi connectivity index (χ1v) is 15.1. The molecule has 1 N–H and O–H groups in total. The summed E-state index contributed by atoms with van der Waals surface area (Å²) in [7, 11) is 4.93. The van der Waals surface area contributed by atoms with Crippen LogP contribution >= 0.6 is 8.60 Å². The van der Waals surface area contributed by atoms with Crippen LogP contribution in [-0.2, 0) is 13.6 Å². The van der Waals surface area contributed by atoms with Gasteiger partial charge in [0.15, 0.2) is 0 Å². The minimum Gasteiger partial charge on any atom is -0.340 e. The topological polar surface area (TPSA) is 32.1 Å². The predicted molar refractivity (Wildman–Crippen MR) is 141 cm³/mol. The molecule has 4 nitrogen and oxygen atoms in total. The maximum absolute atomic E-state index is 5.94. The average Bonchev–Trinajstić information content (AvgIpc) is 2.77. The Labute approximate surface area is 203 Å². The smallest absolute Gasteiger partial charge is 0.332 e. The number of unbranched alkanes of at least 4 members (excludes halogenated alkanes) is 15. The number of rotatable bonds is 26. The zero-order valence-corrected chi connectivity index (χ0v) is 23.5. The number of hydrogen-bond acceptors (Lipinski definition) is 3. The second kappa shape index (κ2) is 25.9. The van der Waals surface area contributed by atoms with Gasteiger partial charge in [-0.3, -0.25) is 0 Å². The molecule has 0 spiro atoms. The molecule has 194 valence electrons. The van der Waals surface area contributed by atoms with Gasteiger partial charge in [-0.1, -0.05) is 117 Å². The molecule has 0 radical (unpaired) electrons. The molecule has 2 atom stereocenters. The Balaban J connectivity index is 3.43. The van der Waals surface area contributed by atoms with E-state index in [4.69, 9.17) is 13.6 Å². The standard InChI is InChI=1S/C27H58NO3P/c1-6-8-9-10-11-12-13-14-15-16-17-18-19-20-21-22-24-30-32(29-5)31-26-27(23-7-2)25-28(3)4/h27H,6-26H2,1-5H3/p+1. The Kier molecular flexibility index (Phi) is 26.1. The second-order valence-electron chi connectivity index (χ2n) is 9.90. The molecule has 5 heteroatoms. The Morgan fingerprint density at radius 2 is 1.09 bits per heavy atom. The maximum Gasteiger partial charge on any atom is 0.332 e. The minimum absolute atomic E-state index is 0.587. The Bertz CT molecular complexity index is 358. The fourth-order valence-electron chi connectivity index (χ4n) is 4.33. The van der Waals surface area contributed by atoms with Gasteiger partial charge in [0.05, 0.1) is 33.9 Å². The highest BCUT2D eigenvalue weighted by molar-refractivity contribution is 7.41. The van der Waals surface area contributed by atoms with Crippen molar-refractivity contribution in [3.63, 3.8) is 0 Å². The molecule has 32 heavy (non-hydrogen) atoms. The largest absolute Gasteiger partial charge is 0.340 e. The van der Waals surface area contributed by atoms with E-state index in [-0.39, 0.29) is 0 Å². The molecule has 2 unspecified atom stereocenters. The third-order valence-electron chi connectivity index (χ3n) is 6.15. The molecular weight excluding hydrogens is 417 g/mol. The van der Waals surface area contributed by atoms with Gasteiger partial charge in [-0.25, -0.2) is 0 Å². The lowest BCUT2D eigenvalue weighted by molar-refractivity contribution is -0.862. The van der Waals surface area contributed by atoms with E-state index in [9.17, 15) is 0 Å². The summed E-state index contributed by atoms with van der Waals surface area (Å²) in [5.74, 6) is 0.587. The first-order valence-electron chi connectivity index (χ1n) is 14.0. The van der Waals surface area contributed by atoms with Crippen molar-refractivity contribution >= 4 is 8.60 Å². The molecular formula is C27H59NO3P+. The Hall–Kier alpha value is 0.270. The fourth-order valence-corrected chi connectivity index (χ4v) is 5.22. The first kappa shape index (κ1) is 32.3. The van der Waals surface area contributed by atoms with Crippen molar-refractivity contribution in [2.24, 2.45) is 5.92 Å². The third kappa shape index (κ3) is 23.4. The van der Waals surface area contributed by atoms with E-state index < -0.39 is 8.60 Å². The van der Waals surface area contributed by atoms with E-state index in [1.54, 1.807) is 7.11 Å². The van der Waals surface area contributed by atoms with Crippen LogP contribution in [0.4, 0.5) is 0 Å². The summed E-state index contributed by atoms with van der Waals surface area (Å²) in [5, 5.41) is 0. The summed E-state index contributed by atoms with van der Waals surface area (Å²) in [6, 6.07) is 0. The van der Waals surface area contributed by atoms with Crippen molar-refractivity contribution in [2.75, 3.05) is 41.0 Å². The maximum atomic E-state index is 5.94. The van der Waals surface area contributed by atoms with Gasteiger partial charge in [-0.05, 0) is 12.8 Å². The third-order valence-corrected chi connectivity index (χ3v) is 7.20. The quantitative estimate of drug-likeness (QED) is 0.102. The van der Waals surface area contributed by atoms with Gasteiger partial charge in [0.25, 0.3) is 0 Å². The Morgan fingerprint density at radius 1 is 0.625 bits per heavy atom. The molecule has 0 rings (SSSR count). The zero-order valence-electron chi connectivity index (χ0n) is 22.6. The van der Waals surface area contributed by atoms with Gasteiger partial charge in [-0.2, -0.15) is 0 Å². The Morgan fingerprint density at radius 3 is 1.50 bits per heavy atom. The van der Waals surface area contributed by atoms with Crippen LogP contribution in [0.3, 0.4) is 0 Å². The predicted octanol–water partition coefficient (Wildman–Crippen LogP) is 7.72. The van der Waals surface area contributed by atoms with E-state index in [1.807, 2.05) is 0 Å². The monoisotopic (exact) mass is 476 g/mol. The van der Waals surface area contributed by atoms with E-state index in [0.717, 1.165) is 26.2 Å². The fraction of sp³-hybridized carbons (Fsp3) is 1.00. The lowest BCUT2D eigenvalue weighted by Gasteiger charge is -2.21. The molecule has 0 aromatic carbocycles. The summed E-state index contributed by atoms with van der Waals surface area (Å²) in [6.07, 6.45) is 24.7. The normalized spacial score (nSPS) is 13.7. The number of quaternary nitrogens is 1. The van der Waals surface area contributed by atoms with Crippen molar-refractivity contribution < 1.29 is 18.5 Å². The molecule has 0 fully saturated rings. The second-order valence-corrected chi connectivity index (χ2v) is 11.2. The highest BCUT2D eigenvalue weighted by Gasteiger charge is 2.17. The number of hydrogen-bond donors (Lipinski definition) is 1. The van der Waals surface area contributed by atoms with Crippen LogP contribution in [0.25, 0.3) is 0 Å². The van der Waals surface area contributed by atoms with Crippen LogP contribution in [0.2, 0.25) is 0 Å². The molecule has 0 amide bonds.